The minimum Gasteiger partial charge on any atom is -0.508 e. The number of aromatic amines is 1. The number of hydrogen-bond donors (Lipinski definition) is 4. The molecule has 0 radical (unpaired) electrons. The Hall–Kier alpha value is -4.43. The van der Waals surface area contributed by atoms with Crippen LogP contribution in [0.2, 0.25) is 0 Å². The van der Waals surface area contributed by atoms with Gasteiger partial charge >= 0.3 is 0 Å². The topological polar surface area (TPSA) is 115 Å². The molecule has 8 heteroatoms. The fourth-order valence-corrected chi connectivity index (χ4v) is 6.49. The van der Waals surface area contributed by atoms with Gasteiger partial charge in [0.1, 0.15) is 11.3 Å². The fourth-order valence-electron chi connectivity index (χ4n) is 6.49. The Kier molecular flexibility index (Phi) is 4.44. The molecule has 3 aliphatic heterocycles. The van der Waals surface area contributed by atoms with E-state index in [1.54, 1.807) is 42.5 Å². The molecular formula is C29H24N4O4. The van der Waals surface area contributed by atoms with Gasteiger partial charge in [-0.3, -0.25) is 19.7 Å². The van der Waals surface area contributed by atoms with Crippen LogP contribution >= 0.6 is 0 Å². The second-order valence-corrected chi connectivity index (χ2v) is 10.2. The number of amides is 3. The predicted octanol–water partition coefficient (Wildman–Crippen LogP) is 3.35. The molecule has 2 fully saturated rings. The highest BCUT2D eigenvalue weighted by Gasteiger charge is 2.70. The molecule has 1 spiro atoms. The number of fused-ring (bicyclic) bond motifs is 5. The number of aromatic nitrogens is 1. The Bertz CT molecular complexity index is 1630. The third-order valence-electron chi connectivity index (χ3n) is 8.08. The van der Waals surface area contributed by atoms with Crippen LogP contribution in [0.15, 0.2) is 72.9 Å². The van der Waals surface area contributed by atoms with Gasteiger partial charge in [0.05, 0.1) is 17.5 Å². The van der Waals surface area contributed by atoms with Crippen molar-refractivity contribution in [3.8, 4) is 5.75 Å². The van der Waals surface area contributed by atoms with Crippen LogP contribution in [-0.4, -0.2) is 33.9 Å². The first kappa shape index (κ1) is 21.8. The van der Waals surface area contributed by atoms with Crippen molar-refractivity contribution >= 4 is 40.0 Å². The second kappa shape index (κ2) is 7.54. The first-order chi connectivity index (χ1) is 17.9. The normalized spacial score (nSPS) is 26.2. The number of carbonyl (C=O) groups excluding carboxylic acids is 3. The molecule has 2 saturated heterocycles. The number of aryl methyl sites for hydroxylation is 1. The molecule has 4 aromatic rings. The van der Waals surface area contributed by atoms with Crippen molar-refractivity contribution in [3.05, 3.63) is 89.6 Å². The van der Waals surface area contributed by atoms with E-state index >= 15 is 0 Å². The zero-order valence-corrected chi connectivity index (χ0v) is 20.0. The van der Waals surface area contributed by atoms with E-state index in [4.69, 9.17) is 0 Å². The summed E-state index contributed by atoms with van der Waals surface area (Å²) in [5.41, 5.74) is 3.19. The molecule has 3 amide bonds. The lowest BCUT2D eigenvalue weighted by Gasteiger charge is -2.29. The highest BCUT2D eigenvalue weighted by atomic mass is 16.3. The van der Waals surface area contributed by atoms with Crippen molar-refractivity contribution in [3.63, 3.8) is 0 Å². The van der Waals surface area contributed by atoms with Crippen molar-refractivity contribution in [1.29, 1.82) is 0 Å². The van der Waals surface area contributed by atoms with E-state index in [2.05, 4.69) is 15.6 Å². The first-order valence-electron chi connectivity index (χ1n) is 12.3. The van der Waals surface area contributed by atoms with Crippen molar-refractivity contribution in [1.82, 2.24) is 10.3 Å². The van der Waals surface area contributed by atoms with Gasteiger partial charge in [0.2, 0.25) is 17.7 Å². The number of para-hydroxylation sites is 1. The average Bonchev–Trinajstić information content (AvgIpc) is 3.59. The number of phenolic OH excluding ortho intramolecular Hbond substituents is 1. The summed E-state index contributed by atoms with van der Waals surface area (Å²) in [6, 6.07) is 19.2. The number of imide groups is 1. The monoisotopic (exact) mass is 492 g/mol. The van der Waals surface area contributed by atoms with E-state index in [0.717, 1.165) is 22.0 Å². The summed E-state index contributed by atoms with van der Waals surface area (Å²) in [4.78, 5) is 46.2. The average molecular weight is 493 g/mol. The summed E-state index contributed by atoms with van der Waals surface area (Å²) in [5, 5.41) is 17.4. The third kappa shape index (κ3) is 2.90. The van der Waals surface area contributed by atoms with Gasteiger partial charge in [0, 0.05) is 34.4 Å². The van der Waals surface area contributed by atoms with Crippen LogP contribution in [-0.2, 0) is 26.3 Å². The van der Waals surface area contributed by atoms with Crippen molar-refractivity contribution in [2.45, 2.75) is 24.9 Å². The molecule has 0 aliphatic carbocycles. The van der Waals surface area contributed by atoms with Crippen LogP contribution in [0.4, 0.5) is 11.4 Å². The molecule has 0 unspecified atom stereocenters. The maximum atomic E-state index is 14.1. The summed E-state index contributed by atoms with van der Waals surface area (Å²) in [5.74, 6) is -2.51. The van der Waals surface area contributed by atoms with Crippen molar-refractivity contribution in [2.24, 2.45) is 11.8 Å². The van der Waals surface area contributed by atoms with E-state index in [1.807, 2.05) is 37.4 Å². The lowest BCUT2D eigenvalue weighted by atomic mass is 9.76. The van der Waals surface area contributed by atoms with Crippen LogP contribution in [0.3, 0.4) is 0 Å². The number of aromatic hydroxyl groups is 1. The Labute approximate surface area is 212 Å². The lowest BCUT2D eigenvalue weighted by molar-refractivity contribution is -0.130. The van der Waals surface area contributed by atoms with E-state index in [0.29, 0.717) is 23.4 Å². The number of rotatable bonds is 3. The molecule has 7 rings (SSSR count). The molecule has 4 N–H and O–H groups in total. The lowest BCUT2D eigenvalue weighted by Crippen LogP contribution is -2.53. The van der Waals surface area contributed by atoms with Crippen LogP contribution < -0.4 is 15.5 Å². The maximum absolute atomic E-state index is 14.1. The van der Waals surface area contributed by atoms with Gasteiger partial charge in [-0.15, -0.1) is 0 Å². The molecule has 3 aliphatic rings. The van der Waals surface area contributed by atoms with Gasteiger partial charge < -0.3 is 15.4 Å². The van der Waals surface area contributed by atoms with E-state index in [1.165, 1.54) is 4.90 Å². The molecule has 0 bridgehead atoms. The minimum atomic E-state index is -1.36. The first-order valence-corrected chi connectivity index (χ1v) is 12.3. The maximum Gasteiger partial charge on any atom is 0.250 e. The second-order valence-electron chi connectivity index (χ2n) is 10.2. The summed E-state index contributed by atoms with van der Waals surface area (Å²) in [6.07, 6.45) is 2.25. The molecule has 1 aromatic heterocycles. The van der Waals surface area contributed by atoms with Gasteiger partial charge in [-0.05, 0) is 55.3 Å². The molecule has 0 saturated carbocycles. The minimum absolute atomic E-state index is 0.143. The largest absolute Gasteiger partial charge is 0.508 e. The zero-order valence-electron chi connectivity index (χ0n) is 20.0. The summed E-state index contributed by atoms with van der Waals surface area (Å²) < 4.78 is 0. The number of nitrogens with zero attached hydrogens (tertiary/aromatic N) is 1. The molecule has 184 valence electrons. The number of benzene rings is 3. The van der Waals surface area contributed by atoms with Gasteiger partial charge in [-0.2, -0.15) is 0 Å². The van der Waals surface area contributed by atoms with Gasteiger partial charge in [-0.1, -0.05) is 35.9 Å². The molecule has 3 aromatic carbocycles. The van der Waals surface area contributed by atoms with Crippen LogP contribution in [0.5, 0.6) is 5.75 Å². The molecule has 4 atom stereocenters. The van der Waals surface area contributed by atoms with Gasteiger partial charge in [0.15, 0.2) is 0 Å². The molecule has 8 nitrogen and oxygen atoms in total. The van der Waals surface area contributed by atoms with Crippen molar-refractivity contribution < 1.29 is 19.5 Å². The predicted molar refractivity (Wildman–Crippen MR) is 138 cm³/mol. The third-order valence-corrected chi connectivity index (χ3v) is 8.08. The fraction of sp³-hybridized carbons (Fsp3) is 0.207. The number of nitrogens with one attached hydrogen (secondary N) is 3. The number of carbonyl (C=O) groups is 3. The van der Waals surface area contributed by atoms with Crippen LogP contribution in [0.1, 0.15) is 16.7 Å². The molecule has 4 heterocycles. The van der Waals surface area contributed by atoms with Crippen LogP contribution in [0, 0.1) is 18.8 Å². The Morgan fingerprint density at radius 3 is 2.59 bits per heavy atom. The quantitative estimate of drug-likeness (QED) is 0.328. The Morgan fingerprint density at radius 2 is 1.78 bits per heavy atom. The number of anilines is 2. The van der Waals surface area contributed by atoms with Gasteiger partial charge in [0.25, 0.3) is 0 Å². The summed E-state index contributed by atoms with van der Waals surface area (Å²) in [7, 11) is 0. The molecule has 37 heavy (non-hydrogen) atoms. The van der Waals surface area contributed by atoms with Gasteiger partial charge in [-0.25, -0.2) is 4.90 Å². The van der Waals surface area contributed by atoms with Crippen molar-refractivity contribution in [2.75, 3.05) is 10.2 Å². The number of hydrogen-bond acceptors (Lipinski definition) is 5. The number of phenols is 1. The Morgan fingerprint density at radius 1 is 0.973 bits per heavy atom. The Balaban J connectivity index is 1.39. The highest BCUT2D eigenvalue weighted by molar-refractivity contribution is 6.25. The van der Waals surface area contributed by atoms with E-state index < -0.39 is 23.4 Å². The summed E-state index contributed by atoms with van der Waals surface area (Å²) >= 11 is 0. The zero-order chi connectivity index (χ0) is 25.5. The standard InChI is InChI=1S/C29H24N4O4/c1-15-7-9-22-20(11-15)29(28(37)31-22)25-24(26(35)33(27(25)36)17-5-3-2-4-6-17)23(32-29)12-16-14-30-21-10-8-18(34)13-19(16)21/h2-11,13-14,23-25,30,32,34H,12H2,1H3,(H,31,37)/t23-,24-,25+,29-/m1/s1. The van der Waals surface area contributed by atoms with Crippen LogP contribution in [0.25, 0.3) is 10.9 Å². The highest BCUT2D eigenvalue weighted by Crippen LogP contribution is 2.54. The van der Waals surface area contributed by atoms with E-state index in [9.17, 15) is 19.5 Å². The smallest absolute Gasteiger partial charge is 0.250 e. The molecular weight excluding hydrogens is 468 g/mol. The SMILES string of the molecule is Cc1ccc2c(c1)[C@]1(N[C@H](Cc3c[nH]c4ccc(O)cc34)[C@H]3C(=O)N(c4ccccc4)C(=O)[C@H]31)C(=O)N2. The van der Waals surface area contributed by atoms with E-state index in [-0.39, 0.29) is 23.5 Å². The number of H-pyrrole nitrogens is 1. The summed E-state index contributed by atoms with van der Waals surface area (Å²) in [6.45, 7) is 1.94.